The number of amides is 1. The van der Waals surface area contributed by atoms with Crippen molar-refractivity contribution in [3.63, 3.8) is 0 Å². The van der Waals surface area contributed by atoms with E-state index >= 15 is 0 Å². The van der Waals surface area contributed by atoms with Crippen LogP contribution in [0.25, 0.3) is 0 Å². The first-order valence-electron chi connectivity index (χ1n) is 13.9. The third-order valence-electron chi connectivity index (χ3n) is 8.06. The highest BCUT2D eigenvalue weighted by molar-refractivity contribution is 7.91. The second kappa shape index (κ2) is 11.7. The van der Waals surface area contributed by atoms with Gasteiger partial charge in [0.1, 0.15) is 5.60 Å². The molecule has 1 fully saturated rings. The van der Waals surface area contributed by atoms with E-state index in [1.165, 1.54) is 23.7 Å². The Bertz CT molecular complexity index is 1530. The lowest BCUT2D eigenvalue weighted by molar-refractivity contribution is -0.145. The van der Waals surface area contributed by atoms with Crippen LogP contribution in [0.2, 0.25) is 0 Å². The quantitative estimate of drug-likeness (QED) is 0.382. The summed E-state index contributed by atoms with van der Waals surface area (Å²) in [6.07, 6.45) is -0.0321. The number of sulfone groups is 1. The highest BCUT2D eigenvalue weighted by Gasteiger charge is 2.45. The molecule has 4 heterocycles. The van der Waals surface area contributed by atoms with Crippen molar-refractivity contribution in [3.05, 3.63) is 75.0 Å². The number of aromatic nitrogens is 2. The van der Waals surface area contributed by atoms with Crippen LogP contribution in [-0.4, -0.2) is 54.1 Å². The first kappa shape index (κ1) is 30.6. The number of halogens is 3. The number of alkyl halides is 3. The summed E-state index contributed by atoms with van der Waals surface area (Å²) in [5, 5.41) is 2.94. The van der Waals surface area contributed by atoms with Gasteiger partial charge in [-0.2, -0.15) is 13.2 Å². The molecule has 0 bridgehead atoms. The van der Waals surface area contributed by atoms with Crippen LogP contribution in [0.3, 0.4) is 0 Å². The maximum absolute atomic E-state index is 13.1. The van der Waals surface area contributed by atoms with Crippen LogP contribution in [-0.2, 0) is 39.3 Å². The number of ether oxygens (including phenoxy) is 1. The van der Waals surface area contributed by atoms with Crippen molar-refractivity contribution < 1.29 is 31.1 Å². The van der Waals surface area contributed by atoms with E-state index < -0.39 is 27.4 Å². The van der Waals surface area contributed by atoms with Crippen LogP contribution in [0.5, 0.6) is 0 Å². The number of fused-ring (bicyclic) bond motifs is 2. The lowest BCUT2D eigenvalue weighted by Gasteiger charge is -2.47. The summed E-state index contributed by atoms with van der Waals surface area (Å²) in [7, 11) is -3.28. The molecule has 1 amide bonds. The van der Waals surface area contributed by atoms with Crippen molar-refractivity contribution in [3.8, 4) is 0 Å². The molecule has 2 atom stereocenters. The molecular weight excluding hydrogens is 589 g/mol. The fourth-order valence-electron chi connectivity index (χ4n) is 5.65. The fourth-order valence-corrected chi connectivity index (χ4v) is 7.83. The molecule has 5 rings (SSSR count). The number of hydrogen-bond donors (Lipinski definition) is 1. The summed E-state index contributed by atoms with van der Waals surface area (Å²) in [5.41, 5.74) is 2.00. The minimum absolute atomic E-state index is 0.0202. The predicted molar refractivity (Wildman–Crippen MR) is 152 cm³/mol. The predicted octanol–water partition coefficient (Wildman–Crippen LogP) is 5.29. The van der Waals surface area contributed by atoms with Crippen LogP contribution in [0.15, 0.2) is 47.6 Å². The molecule has 42 heavy (non-hydrogen) atoms. The average molecular weight is 623 g/mol. The Morgan fingerprint density at radius 2 is 1.83 bits per heavy atom. The van der Waals surface area contributed by atoms with E-state index in [4.69, 9.17) is 4.74 Å². The maximum atomic E-state index is 13.1. The third-order valence-corrected chi connectivity index (χ3v) is 11.2. The number of likely N-dealkylation sites (tertiary alicyclic amines) is 1. The van der Waals surface area contributed by atoms with Gasteiger partial charge >= 0.3 is 6.18 Å². The molecule has 2 aliphatic rings. The monoisotopic (exact) mass is 622 g/mol. The van der Waals surface area contributed by atoms with E-state index in [2.05, 4.69) is 20.2 Å². The number of nitrogens with zero attached hydrogens (tertiary/aromatic N) is 3. The molecule has 0 aliphatic carbocycles. The summed E-state index contributed by atoms with van der Waals surface area (Å²) in [6.45, 7) is 7.16. The van der Waals surface area contributed by atoms with E-state index in [0.29, 0.717) is 42.8 Å². The molecule has 1 N–H and O–H groups in total. The highest BCUT2D eigenvalue weighted by Crippen LogP contribution is 2.48. The van der Waals surface area contributed by atoms with E-state index in [1.54, 1.807) is 31.2 Å². The fraction of sp³-hybridized carbons (Fsp3) is 0.483. The minimum atomic E-state index is -4.58. The third kappa shape index (κ3) is 6.24. The largest absolute Gasteiger partial charge is 0.451 e. The first-order chi connectivity index (χ1) is 19.8. The molecule has 8 nitrogen and oxygen atoms in total. The zero-order valence-corrected chi connectivity index (χ0v) is 25.2. The van der Waals surface area contributed by atoms with Gasteiger partial charge in [0.2, 0.25) is 5.82 Å². The number of hydrogen-bond acceptors (Lipinski definition) is 8. The zero-order valence-electron chi connectivity index (χ0n) is 23.6. The normalized spacial score (nSPS) is 19.8. The average Bonchev–Trinajstić information content (AvgIpc) is 3.41. The number of carbonyl (C=O) groups excluding carboxylic acids is 1. The van der Waals surface area contributed by atoms with Gasteiger partial charge in [0, 0.05) is 48.5 Å². The van der Waals surface area contributed by atoms with Gasteiger partial charge in [-0.15, -0.1) is 11.3 Å². The van der Waals surface area contributed by atoms with E-state index in [9.17, 15) is 26.4 Å². The smallest absolute Gasteiger partial charge is 0.366 e. The van der Waals surface area contributed by atoms with Crippen LogP contribution in [0, 0.1) is 0 Å². The highest BCUT2D eigenvalue weighted by atomic mass is 32.2. The Labute approximate surface area is 247 Å². The van der Waals surface area contributed by atoms with Gasteiger partial charge in [-0.05, 0) is 62.4 Å². The van der Waals surface area contributed by atoms with Gasteiger partial charge in [0.05, 0.1) is 21.6 Å². The standard InChI is InChI=1S/C29H33F3N4O4S2/c1-4-42(38,39)23-7-5-20(6-8-23)15-33-26(37)24-14-21-13-18(2)40-28(25(21)41-24)9-11-36(12-10-28)19(3)22-16-34-27(35-17-22)29(30,31)32/h5-8,14,16-19H,4,9-13,15H2,1-3H3,(H,33,37)/t18?,19-/m1/s1. The summed E-state index contributed by atoms with van der Waals surface area (Å²) in [4.78, 5) is 24.3. The molecule has 0 radical (unpaired) electrons. The number of nitrogens with one attached hydrogen (secondary N) is 1. The summed E-state index contributed by atoms with van der Waals surface area (Å²) in [5.74, 6) is -1.32. The number of benzene rings is 1. The Balaban J connectivity index is 1.25. The molecule has 0 saturated carbocycles. The lowest BCUT2D eigenvalue weighted by Crippen LogP contribution is -2.48. The topological polar surface area (TPSA) is 101 Å². The van der Waals surface area contributed by atoms with Crippen molar-refractivity contribution in [1.82, 2.24) is 20.2 Å². The van der Waals surface area contributed by atoms with Crippen LogP contribution < -0.4 is 5.32 Å². The molecule has 2 aliphatic heterocycles. The second-order valence-electron chi connectivity index (χ2n) is 10.9. The molecule has 13 heteroatoms. The Kier molecular flexibility index (Phi) is 8.49. The van der Waals surface area contributed by atoms with Gasteiger partial charge < -0.3 is 10.1 Å². The summed E-state index contributed by atoms with van der Waals surface area (Å²) < 4.78 is 69.3. The first-order valence-corrected chi connectivity index (χ1v) is 16.3. The summed E-state index contributed by atoms with van der Waals surface area (Å²) in [6, 6.07) is 8.32. The summed E-state index contributed by atoms with van der Waals surface area (Å²) >= 11 is 1.44. The molecule has 1 aromatic carbocycles. The SMILES string of the molecule is CCS(=O)(=O)c1ccc(CNC(=O)c2cc3c(s2)C2(CCN([C@H](C)c4cnc(C(F)(F)F)nc4)CC2)OC(C)C3)cc1. The Hall–Kier alpha value is -2.87. The van der Waals surface area contributed by atoms with Crippen molar-refractivity contribution in [1.29, 1.82) is 0 Å². The molecule has 1 spiro atoms. The van der Waals surface area contributed by atoms with Gasteiger partial charge in [-0.1, -0.05) is 19.1 Å². The molecule has 1 unspecified atom stereocenters. The minimum Gasteiger partial charge on any atom is -0.366 e. The van der Waals surface area contributed by atoms with Crippen LogP contribution >= 0.6 is 11.3 Å². The van der Waals surface area contributed by atoms with Crippen molar-refractivity contribution in [2.45, 2.75) is 75.4 Å². The Morgan fingerprint density at radius 3 is 2.43 bits per heavy atom. The van der Waals surface area contributed by atoms with Gasteiger partial charge in [-0.3, -0.25) is 9.69 Å². The molecule has 3 aromatic rings. The molecule has 1 saturated heterocycles. The van der Waals surface area contributed by atoms with Gasteiger partial charge in [0.15, 0.2) is 9.84 Å². The van der Waals surface area contributed by atoms with Gasteiger partial charge in [0.25, 0.3) is 5.91 Å². The second-order valence-corrected chi connectivity index (χ2v) is 14.2. The molecular formula is C29H33F3N4O4S2. The van der Waals surface area contributed by atoms with E-state index in [0.717, 1.165) is 16.0 Å². The number of thiophene rings is 1. The maximum Gasteiger partial charge on any atom is 0.451 e. The number of piperidine rings is 1. The lowest BCUT2D eigenvalue weighted by atomic mass is 9.83. The Morgan fingerprint density at radius 1 is 1.19 bits per heavy atom. The molecule has 226 valence electrons. The van der Waals surface area contributed by atoms with E-state index in [-0.39, 0.29) is 35.2 Å². The van der Waals surface area contributed by atoms with Crippen molar-refractivity contribution >= 4 is 27.1 Å². The van der Waals surface area contributed by atoms with Gasteiger partial charge in [-0.25, -0.2) is 18.4 Å². The van der Waals surface area contributed by atoms with Crippen molar-refractivity contribution in [2.24, 2.45) is 0 Å². The van der Waals surface area contributed by atoms with Crippen molar-refractivity contribution in [2.75, 3.05) is 18.8 Å². The number of rotatable bonds is 7. The van der Waals surface area contributed by atoms with E-state index in [1.807, 2.05) is 19.9 Å². The van der Waals surface area contributed by atoms with Crippen LogP contribution in [0.4, 0.5) is 13.2 Å². The molecule has 2 aromatic heterocycles. The zero-order chi connectivity index (χ0) is 30.3. The van der Waals surface area contributed by atoms with Crippen LogP contribution in [0.1, 0.15) is 76.7 Å². The number of carbonyl (C=O) groups is 1.